The Labute approximate surface area is 128 Å². The van der Waals surface area contributed by atoms with Gasteiger partial charge < -0.3 is 9.47 Å². The topological polar surface area (TPSA) is 78.7 Å². The summed E-state index contributed by atoms with van der Waals surface area (Å²) in [5.74, 6) is 0.449. The summed E-state index contributed by atoms with van der Waals surface area (Å²) in [7, 11) is 1.47. The first-order valence-corrected chi connectivity index (χ1v) is 7.31. The molecule has 0 atom stereocenters. The van der Waals surface area contributed by atoms with Gasteiger partial charge in [0.15, 0.2) is 11.5 Å². The zero-order chi connectivity index (χ0) is 15.9. The molecule has 0 heterocycles. The van der Waals surface area contributed by atoms with Crippen molar-refractivity contribution in [3.63, 3.8) is 0 Å². The van der Waals surface area contributed by atoms with E-state index >= 15 is 0 Å². The quantitative estimate of drug-likeness (QED) is 0.360. The standard InChI is InChI=1S/C16H19NO5/c1-21-15-11-12(9-10-17(19)20)7-8-14(15)22-16(18)13-5-3-2-4-6-13/h7-11,13H,2-6H2,1H3. The molecule has 1 saturated carbocycles. The number of nitrogens with zero attached hydrogens (tertiary/aromatic N) is 1. The third-order valence-electron chi connectivity index (χ3n) is 3.73. The molecule has 22 heavy (non-hydrogen) atoms. The number of hydrogen-bond acceptors (Lipinski definition) is 5. The summed E-state index contributed by atoms with van der Waals surface area (Å²) in [6.07, 6.45) is 7.22. The molecule has 6 nitrogen and oxygen atoms in total. The molecule has 1 aliphatic rings. The number of carbonyl (C=O) groups excluding carboxylic acids is 1. The van der Waals surface area contributed by atoms with Crippen molar-refractivity contribution in [2.45, 2.75) is 32.1 Å². The molecule has 0 aliphatic heterocycles. The summed E-state index contributed by atoms with van der Waals surface area (Å²) in [5.41, 5.74) is 0.603. The summed E-state index contributed by atoms with van der Waals surface area (Å²) in [6, 6.07) is 4.84. The fourth-order valence-electron chi connectivity index (χ4n) is 2.55. The molecule has 2 rings (SSSR count). The molecule has 0 bridgehead atoms. The summed E-state index contributed by atoms with van der Waals surface area (Å²) in [6.45, 7) is 0. The van der Waals surface area contributed by atoms with Crippen molar-refractivity contribution in [3.05, 3.63) is 40.1 Å². The van der Waals surface area contributed by atoms with Crippen molar-refractivity contribution in [2.75, 3.05) is 7.11 Å². The minimum Gasteiger partial charge on any atom is -0.493 e. The van der Waals surface area contributed by atoms with Gasteiger partial charge in [-0.05, 0) is 30.5 Å². The Morgan fingerprint density at radius 1 is 1.27 bits per heavy atom. The van der Waals surface area contributed by atoms with Crippen LogP contribution in [0.1, 0.15) is 37.7 Å². The normalized spacial score (nSPS) is 15.7. The second kappa shape index (κ2) is 7.59. The van der Waals surface area contributed by atoms with Crippen molar-refractivity contribution in [3.8, 4) is 11.5 Å². The molecule has 1 aromatic carbocycles. The first kappa shape index (κ1) is 16.0. The number of benzene rings is 1. The molecule has 0 amide bonds. The van der Waals surface area contributed by atoms with Crippen LogP contribution in [0.2, 0.25) is 0 Å². The number of nitro groups is 1. The zero-order valence-corrected chi connectivity index (χ0v) is 12.5. The van der Waals surface area contributed by atoms with Crippen molar-refractivity contribution in [2.24, 2.45) is 5.92 Å². The Morgan fingerprint density at radius 2 is 2.00 bits per heavy atom. The monoisotopic (exact) mass is 305 g/mol. The van der Waals surface area contributed by atoms with Gasteiger partial charge in [-0.15, -0.1) is 0 Å². The highest BCUT2D eigenvalue weighted by Crippen LogP contribution is 2.31. The second-order valence-corrected chi connectivity index (χ2v) is 5.27. The van der Waals surface area contributed by atoms with Crippen LogP contribution in [0, 0.1) is 16.0 Å². The van der Waals surface area contributed by atoms with Gasteiger partial charge in [-0.1, -0.05) is 25.3 Å². The average molecular weight is 305 g/mol. The Balaban J connectivity index is 2.09. The van der Waals surface area contributed by atoms with Crippen LogP contribution < -0.4 is 9.47 Å². The van der Waals surface area contributed by atoms with E-state index in [4.69, 9.17) is 9.47 Å². The summed E-state index contributed by atoms with van der Waals surface area (Å²) >= 11 is 0. The van der Waals surface area contributed by atoms with E-state index in [1.54, 1.807) is 18.2 Å². The van der Waals surface area contributed by atoms with Crippen LogP contribution in [0.3, 0.4) is 0 Å². The van der Waals surface area contributed by atoms with E-state index in [0.29, 0.717) is 17.1 Å². The number of ether oxygens (including phenoxy) is 2. The van der Waals surface area contributed by atoms with Gasteiger partial charge >= 0.3 is 5.97 Å². The van der Waals surface area contributed by atoms with E-state index in [1.165, 1.54) is 19.6 Å². The van der Waals surface area contributed by atoms with Gasteiger partial charge in [-0.3, -0.25) is 14.9 Å². The minimum atomic E-state index is -0.538. The van der Waals surface area contributed by atoms with Gasteiger partial charge in [0.2, 0.25) is 6.20 Å². The van der Waals surface area contributed by atoms with Gasteiger partial charge in [-0.25, -0.2) is 0 Å². The summed E-state index contributed by atoms with van der Waals surface area (Å²) < 4.78 is 10.6. The van der Waals surface area contributed by atoms with E-state index in [0.717, 1.165) is 31.9 Å². The van der Waals surface area contributed by atoms with E-state index in [9.17, 15) is 14.9 Å². The van der Waals surface area contributed by atoms with E-state index in [-0.39, 0.29) is 11.9 Å². The number of methoxy groups -OCH3 is 1. The van der Waals surface area contributed by atoms with Crippen molar-refractivity contribution in [1.82, 2.24) is 0 Å². The number of esters is 1. The second-order valence-electron chi connectivity index (χ2n) is 5.27. The van der Waals surface area contributed by atoms with Crippen molar-refractivity contribution >= 4 is 12.0 Å². The Bertz CT molecular complexity index is 576. The molecule has 0 radical (unpaired) electrons. The predicted molar refractivity (Wildman–Crippen MR) is 81.2 cm³/mol. The first-order chi connectivity index (χ1) is 10.6. The minimum absolute atomic E-state index is 0.0486. The maximum atomic E-state index is 12.2. The third-order valence-corrected chi connectivity index (χ3v) is 3.73. The molecule has 1 aromatic rings. The molecule has 118 valence electrons. The maximum Gasteiger partial charge on any atom is 0.314 e. The summed E-state index contributed by atoms with van der Waals surface area (Å²) in [4.78, 5) is 21.9. The fraction of sp³-hybridized carbons (Fsp3) is 0.438. The van der Waals surface area contributed by atoms with Crippen LogP contribution in [0.5, 0.6) is 11.5 Å². The third kappa shape index (κ3) is 4.31. The molecular weight excluding hydrogens is 286 g/mol. The Hall–Kier alpha value is -2.37. The number of hydrogen-bond donors (Lipinski definition) is 0. The van der Waals surface area contributed by atoms with Gasteiger partial charge in [0.1, 0.15) is 0 Å². The van der Waals surface area contributed by atoms with Gasteiger partial charge in [0.05, 0.1) is 18.0 Å². The molecular formula is C16H19NO5. The highest BCUT2D eigenvalue weighted by atomic mass is 16.6. The highest BCUT2D eigenvalue weighted by Gasteiger charge is 2.24. The first-order valence-electron chi connectivity index (χ1n) is 7.31. The Kier molecular flexibility index (Phi) is 5.52. The lowest BCUT2D eigenvalue weighted by Crippen LogP contribution is -2.22. The van der Waals surface area contributed by atoms with Gasteiger partial charge in [0, 0.05) is 6.08 Å². The van der Waals surface area contributed by atoms with Gasteiger partial charge in [0.25, 0.3) is 0 Å². The lowest BCUT2D eigenvalue weighted by molar-refractivity contribution is -0.400. The molecule has 0 aromatic heterocycles. The van der Waals surface area contributed by atoms with Crippen molar-refractivity contribution < 1.29 is 19.2 Å². The number of carbonyl (C=O) groups is 1. The lowest BCUT2D eigenvalue weighted by Gasteiger charge is -2.20. The average Bonchev–Trinajstić information content (AvgIpc) is 2.54. The van der Waals surface area contributed by atoms with E-state index in [1.807, 2.05) is 0 Å². The SMILES string of the molecule is COc1cc(C=C[N+](=O)[O-])ccc1OC(=O)C1CCCCC1. The van der Waals surface area contributed by atoms with Gasteiger partial charge in [-0.2, -0.15) is 0 Å². The molecule has 0 N–H and O–H groups in total. The largest absolute Gasteiger partial charge is 0.493 e. The van der Waals surface area contributed by atoms with Crippen LogP contribution in [0.15, 0.2) is 24.4 Å². The molecule has 1 fully saturated rings. The number of rotatable bonds is 5. The zero-order valence-electron chi connectivity index (χ0n) is 12.5. The van der Waals surface area contributed by atoms with Crippen LogP contribution in [-0.4, -0.2) is 18.0 Å². The van der Waals surface area contributed by atoms with Crippen LogP contribution in [0.4, 0.5) is 0 Å². The van der Waals surface area contributed by atoms with Crippen LogP contribution >= 0.6 is 0 Å². The smallest absolute Gasteiger partial charge is 0.314 e. The molecule has 0 spiro atoms. The predicted octanol–water partition coefficient (Wildman–Crippen LogP) is 3.43. The molecule has 1 aliphatic carbocycles. The maximum absolute atomic E-state index is 12.2. The van der Waals surface area contributed by atoms with Crippen LogP contribution in [-0.2, 0) is 4.79 Å². The lowest BCUT2D eigenvalue weighted by atomic mass is 9.89. The fourth-order valence-corrected chi connectivity index (χ4v) is 2.55. The summed E-state index contributed by atoms with van der Waals surface area (Å²) in [5, 5.41) is 10.3. The van der Waals surface area contributed by atoms with E-state index < -0.39 is 4.92 Å². The van der Waals surface area contributed by atoms with E-state index in [2.05, 4.69) is 0 Å². The Morgan fingerprint density at radius 3 is 2.64 bits per heavy atom. The molecule has 0 unspecified atom stereocenters. The molecule has 0 saturated heterocycles. The molecule has 6 heteroatoms. The van der Waals surface area contributed by atoms with Crippen LogP contribution in [0.25, 0.3) is 6.08 Å². The van der Waals surface area contributed by atoms with Crippen molar-refractivity contribution in [1.29, 1.82) is 0 Å². The highest BCUT2D eigenvalue weighted by molar-refractivity contribution is 5.76.